The van der Waals surface area contributed by atoms with Gasteiger partial charge in [-0.05, 0) is 183 Å². The van der Waals surface area contributed by atoms with E-state index in [4.69, 9.17) is 4.74 Å². The summed E-state index contributed by atoms with van der Waals surface area (Å²) in [5, 5.41) is 27.4. The Morgan fingerprint density at radius 3 is 1.36 bits per heavy atom. The standard InChI is InChI=1S/C32H36N4O3.C31H34N4O3.CH4/c1-7-36-28-13-12-27(21(4)30(28)33-34-36)29(22(5)32(38)39-6)24-11-10-23-14-15-35(18-26(23)17-24)31(37)25-9-8-19(2)20(3)16-25;1-6-35-27-12-11-26(20(4)29(27)32-33-35)28(21(5)31(37)38)23-10-9-22-13-14-34(17-25(22)16-23)30(36)24-8-7-18(2)19(3)15-24;/h8-13,16-17,22,29H,7,14-15,18H2,1-6H3;7-12,15-16,21,28H,6,13-14,17H2,1-5H3,(H,37,38);1H4/t22-,29+;21-,28+;/m11./s1. The van der Waals surface area contributed by atoms with Crippen molar-refractivity contribution in [2.45, 2.75) is 128 Å². The number of carboxylic acids is 1. The molecule has 10 rings (SSSR count). The minimum atomic E-state index is -0.851. The monoisotopic (exact) mass is 1050 g/mol. The summed E-state index contributed by atoms with van der Waals surface area (Å²) in [6.07, 6.45) is 1.57. The quantitative estimate of drug-likeness (QED) is 0.116. The van der Waals surface area contributed by atoms with Crippen LogP contribution >= 0.6 is 0 Å². The van der Waals surface area contributed by atoms with E-state index in [-0.39, 0.29) is 37.0 Å². The number of aromatic nitrogens is 6. The Kier molecular flexibility index (Phi) is 16.8. The number of aliphatic carboxylic acids is 1. The third-order valence-electron chi connectivity index (χ3n) is 16.5. The van der Waals surface area contributed by atoms with Gasteiger partial charge in [-0.2, -0.15) is 0 Å². The lowest BCUT2D eigenvalue weighted by atomic mass is 9.78. The van der Waals surface area contributed by atoms with Gasteiger partial charge >= 0.3 is 11.9 Å². The third kappa shape index (κ3) is 10.8. The van der Waals surface area contributed by atoms with E-state index in [9.17, 15) is 24.3 Å². The number of benzene rings is 6. The van der Waals surface area contributed by atoms with Crippen LogP contribution in [-0.4, -0.2) is 88.8 Å². The molecule has 2 aromatic heterocycles. The number of methoxy groups -OCH3 is 1. The molecule has 0 unspecified atom stereocenters. The van der Waals surface area contributed by atoms with Gasteiger partial charge in [0.25, 0.3) is 11.8 Å². The lowest BCUT2D eigenvalue weighted by molar-refractivity contribution is -0.145. The van der Waals surface area contributed by atoms with E-state index in [0.717, 1.165) is 103 Å². The van der Waals surface area contributed by atoms with E-state index in [2.05, 4.69) is 70.0 Å². The van der Waals surface area contributed by atoms with Gasteiger partial charge in [-0.3, -0.25) is 19.2 Å². The fraction of sp³-hybridized carbons (Fsp3) is 0.375. The molecule has 2 aliphatic rings. The average Bonchev–Trinajstić information content (AvgIpc) is 4.13. The van der Waals surface area contributed by atoms with E-state index in [1.54, 1.807) is 6.92 Å². The van der Waals surface area contributed by atoms with E-state index in [1.807, 2.05) is 129 Å². The molecule has 8 aromatic rings. The maximum Gasteiger partial charge on any atom is 0.309 e. The second kappa shape index (κ2) is 23.3. The first-order valence-electron chi connectivity index (χ1n) is 26.8. The number of nitrogens with zero attached hydrogens (tertiary/aromatic N) is 8. The minimum Gasteiger partial charge on any atom is -0.481 e. The number of carbonyl (C=O) groups is 4. The number of hydrogen-bond acceptors (Lipinski definition) is 9. The fourth-order valence-electron chi connectivity index (χ4n) is 11.4. The largest absolute Gasteiger partial charge is 0.481 e. The van der Waals surface area contributed by atoms with Crippen LogP contribution < -0.4 is 0 Å². The summed E-state index contributed by atoms with van der Waals surface area (Å²) in [7, 11) is 1.43. The van der Waals surface area contributed by atoms with Crippen LogP contribution in [0.3, 0.4) is 0 Å². The second-order valence-corrected chi connectivity index (χ2v) is 21.1. The Hall–Kier alpha value is -8.00. The van der Waals surface area contributed by atoms with Crippen molar-refractivity contribution < 1.29 is 29.0 Å². The number of amides is 2. The molecule has 0 saturated heterocycles. The van der Waals surface area contributed by atoms with Crippen LogP contribution in [0.2, 0.25) is 0 Å². The van der Waals surface area contributed by atoms with Gasteiger partial charge in [0.2, 0.25) is 0 Å². The first kappa shape index (κ1) is 56.2. The SMILES string of the molecule is C.CCn1nnc2c(C)c([C@H](c3ccc4c(c3)CN(C(=O)c3ccc(C)c(C)c3)CC4)[C@@H](C)C(=O)O)ccc21.CCn1nnc2c(C)c([C@H](c3ccc4c(c3)CN(C(=O)c3ccc(C)c(C)c3)CC4)[C@@H](C)C(=O)OC)ccc21. The molecule has 406 valence electrons. The lowest BCUT2D eigenvalue weighted by Gasteiger charge is -2.31. The highest BCUT2D eigenvalue weighted by Gasteiger charge is 2.33. The zero-order valence-electron chi connectivity index (χ0n) is 46.3. The molecule has 14 heteroatoms. The van der Waals surface area contributed by atoms with Crippen molar-refractivity contribution in [1.29, 1.82) is 0 Å². The van der Waals surface area contributed by atoms with Crippen LogP contribution in [0, 0.1) is 53.4 Å². The Labute approximate surface area is 458 Å². The minimum absolute atomic E-state index is 0. The zero-order chi connectivity index (χ0) is 55.0. The summed E-state index contributed by atoms with van der Waals surface area (Å²) < 4.78 is 8.92. The Morgan fingerprint density at radius 2 is 0.974 bits per heavy atom. The van der Waals surface area contributed by atoms with Crippen LogP contribution in [0.1, 0.15) is 146 Å². The Balaban J connectivity index is 0.000000203. The summed E-state index contributed by atoms with van der Waals surface area (Å²) in [5.74, 6) is -2.69. The maximum absolute atomic E-state index is 13.4. The Bertz CT molecular complexity index is 3590. The molecule has 0 radical (unpaired) electrons. The van der Waals surface area contributed by atoms with Crippen LogP contribution in [0.25, 0.3) is 22.1 Å². The molecule has 6 aromatic carbocycles. The van der Waals surface area contributed by atoms with Gasteiger partial charge in [-0.25, -0.2) is 9.36 Å². The van der Waals surface area contributed by atoms with Crippen LogP contribution in [0.15, 0.2) is 97.1 Å². The van der Waals surface area contributed by atoms with Gasteiger partial charge in [0, 0.05) is 62.2 Å². The van der Waals surface area contributed by atoms with Gasteiger partial charge in [-0.1, -0.05) is 92.4 Å². The predicted octanol–water partition coefficient (Wildman–Crippen LogP) is 11.6. The molecule has 14 nitrogen and oxygen atoms in total. The number of aryl methyl sites for hydroxylation is 8. The summed E-state index contributed by atoms with van der Waals surface area (Å²) in [5.41, 5.74) is 20.1. The molecule has 0 saturated carbocycles. The maximum atomic E-state index is 13.4. The molecular weight excluding hydrogens is 977 g/mol. The molecule has 2 amide bonds. The summed E-state index contributed by atoms with van der Waals surface area (Å²) in [4.78, 5) is 55.7. The highest BCUT2D eigenvalue weighted by Crippen LogP contribution is 2.40. The summed E-state index contributed by atoms with van der Waals surface area (Å²) in [6, 6.07) is 32.6. The van der Waals surface area contributed by atoms with Gasteiger partial charge in [0.1, 0.15) is 11.0 Å². The van der Waals surface area contributed by atoms with Gasteiger partial charge in [0.05, 0.1) is 30.0 Å². The van der Waals surface area contributed by atoms with E-state index < -0.39 is 17.8 Å². The number of fused-ring (bicyclic) bond motifs is 4. The summed E-state index contributed by atoms with van der Waals surface area (Å²) in [6.45, 7) is 23.8. The summed E-state index contributed by atoms with van der Waals surface area (Å²) >= 11 is 0. The molecule has 78 heavy (non-hydrogen) atoms. The third-order valence-corrected chi connectivity index (χ3v) is 16.5. The Morgan fingerprint density at radius 1 is 0.551 bits per heavy atom. The number of hydrogen-bond donors (Lipinski definition) is 1. The first-order chi connectivity index (χ1) is 36.9. The second-order valence-electron chi connectivity index (χ2n) is 21.1. The predicted molar refractivity (Wildman–Crippen MR) is 306 cm³/mol. The molecule has 0 spiro atoms. The van der Waals surface area contributed by atoms with Gasteiger partial charge < -0.3 is 19.6 Å². The number of ether oxygens (including phenoxy) is 1. The topological polar surface area (TPSA) is 166 Å². The van der Waals surface area contributed by atoms with E-state index >= 15 is 0 Å². The highest BCUT2D eigenvalue weighted by atomic mass is 16.5. The van der Waals surface area contributed by atoms with Gasteiger partial charge in [0.15, 0.2) is 0 Å². The zero-order valence-corrected chi connectivity index (χ0v) is 46.3. The van der Waals surface area contributed by atoms with E-state index in [0.29, 0.717) is 38.3 Å². The number of esters is 1. The van der Waals surface area contributed by atoms with Crippen LogP contribution in [-0.2, 0) is 53.3 Å². The normalized spacial score (nSPS) is 14.6. The fourth-order valence-corrected chi connectivity index (χ4v) is 11.4. The van der Waals surface area contributed by atoms with Crippen LogP contribution in [0.4, 0.5) is 0 Å². The van der Waals surface area contributed by atoms with Crippen molar-refractivity contribution >= 4 is 45.8 Å². The molecule has 0 bridgehead atoms. The van der Waals surface area contributed by atoms with Gasteiger partial charge in [-0.15, -0.1) is 10.2 Å². The van der Waals surface area contributed by atoms with Crippen LogP contribution in [0.5, 0.6) is 0 Å². The van der Waals surface area contributed by atoms with Crippen molar-refractivity contribution in [3.05, 3.63) is 186 Å². The highest BCUT2D eigenvalue weighted by molar-refractivity contribution is 5.95. The smallest absolute Gasteiger partial charge is 0.309 e. The number of carboxylic acid groups (broad SMARTS) is 1. The van der Waals surface area contributed by atoms with Crippen molar-refractivity contribution in [3.8, 4) is 0 Å². The molecule has 0 aliphatic carbocycles. The number of carbonyl (C=O) groups excluding carboxylic acids is 3. The molecule has 4 heterocycles. The van der Waals surface area contributed by atoms with Crippen molar-refractivity contribution in [2.75, 3.05) is 20.2 Å². The first-order valence-corrected chi connectivity index (χ1v) is 26.8. The van der Waals surface area contributed by atoms with E-state index in [1.165, 1.54) is 29.4 Å². The molecule has 1 N–H and O–H groups in total. The lowest BCUT2D eigenvalue weighted by Crippen LogP contribution is -2.36. The van der Waals surface area contributed by atoms with Crippen molar-refractivity contribution in [1.82, 2.24) is 39.8 Å². The average molecular weight is 1050 g/mol. The molecular formula is C64H74N8O6. The molecule has 0 fully saturated rings. The number of rotatable bonds is 12. The van der Waals surface area contributed by atoms with Crippen molar-refractivity contribution in [3.63, 3.8) is 0 Å². The molecule has 2 aliphatic heterocycles. The molecule has 4 atom stereocenters. The van der Waals surface area contributed by atoms with Crippen molar-refractivity contribution in [2.24, 2.45) is 11.8 Å².